The van der Waals surface area contributed by atoms with E-state index < -0.39 is 0 Å². The van der Waals surface area contributed by atoms with Crippen LogP contribution in [-0.4, -0.2) is 76.3 Å². The second kappa shape index (κ2) is 53.0. The quantitative estimate of drug-likeness (QED) is 0.0212. The van der Waals surface area contributed by atoms with Crippen molar-refractivity contribution in [3.05, 3.63) is 203 Å². The Hall–Kier alpha value is -12.6. The first kappa shape index (κ1) is 95.5. The molecule has 4 aliphatic rings. The number of nitrogens with one attached hydrogen (secondary N) is 4. The van der Waals surface area contributed by atoms with Crippen LogP contribution in [0.25, 0.3) is 137 Å². The standard InChI is InChI=1S/C118H136N10O4/c1-5-9-13-17-21-25-29-35-41-47-77-129-97-81-91(82-98(87-97)130-78-48-42-36-30-26-22-18-14-10-6-2)117-109-59-55-95(123-109)85-93-53-57-107(121-93)115(89-69-73-119-74-70-89)111-65-61-103(125-111)101(105-63-67-113(117)127-105)51-45-39-33-34-40-46-52-102-104-62-66-112(126-104)116(90-71-75-120-76-72-90)108-58-54-94(122-108)86-96-56-60-110(124-96)118(114-68-64-106(102)128-114)92-83-99(131-79-49-43-37-31-27-23-19-15-11-7-3)88-100(84-92)132-80-50-44-38-32-28-24-20-16-12-8-4/h53-76,81-88,121,124,126-127H,5-32,35-38,41-44,47-50,77-80H2,1-4H3. The van der Waals surface area contributed by atoms with Crippen LogP contribution in [0.2, 0.25) is 0 Å². The summed E-state index contributed by atoms with van der Waals surface area (Å²) in [5.74, 6) is 28.7. The highest BCUT2D eigenvalue weighted by Crippen LogP contribution is 2.41. The molecule has 16 bridgehead atoms. The van der Waals surface area contributed by atoms with Crippen LogP contribution in [0.1, 0.15) is 341 Å². The lowest BCUT2D eigenvalue weighted by Gasteiger charge is -2.14. The maximum atomic E-state index is 6.75. The summed E-state index contributed by atoms with van der Waals surface area (Å²) in [4.78, 5) is 45.6. The molecule has 0 amide bonds. The van der Waals surface area contributed by atoms with Gasteiger partial charge in [0.25, 0.3) is 0 Å². The van der Waals surface area contributed by atoms with Gasteiger partial charge in [0.2, 0.25) is 0 Å². The molecular formula is C118H136N10O4. The fourth-order valence-corrected chi connectivity index (χ4v) is 18.0. The highest BCUT2D eigenvalue weighted by atomic mass is 16.5. The van der Waals surface area contributed by atoms with Crippen molar-refractivity contribution in [2.75, 3.05) is 26.4 Å². The summed E-state index contributed by atoms with van der Waals surface area (Å²) in [5, 5.41) is 0. The van der Waals surface area contributed by atoms with Gasteiger partial charge in [0.15, 0.2) is 0 Å². The average Bonchev–Trinajstić information content (AvgIpc) is 1.62. The van der Waals surface area contributed by atoms with Gasteiger partial charge in [-0.1, -0.05) is 259 Å². The van der Waals surface area contributed by atoms with E-state index in [1.165, 1.54) is 205 Å². The molecule has 0 fully saturated rings. The van der Waals surface area contributed by atoms with Gasteiger partial charge >= 0.3 is 0 Å². The van der Waals surface area contributed by atoms with Crippen molar-refractivity contribution in [1.29, 1.82) is 0 Å². The minimum atomic E-state index is 0.616. The number of nitrogens with zero attached hydrogens (tertiary/aromatic N) is 6. The van der Waals surface area contributed by atoms with Gasteiger partial charge in [-0.2, -0.15) is 0 Å². The molecular weight excluding hydrogens is 1620 g/mol. The monoisotopic (exact) mass is 1760 g/mol. The Kier molecular flexibility index (Phi) is 38.4. The Morgan fingerprint density at radius 1 is 0.227 bits per heavy atom. The predicted octanol–water partition coefficient (Wildman–Crippen LogP) is 31.7. The number of benzene rings is 2. The molecule has 14 rings (SSSR count). The number of fused-ring (bicyclic) bond motifs is 16. The maximum absolute atomic E-state index is 6.75. The molecule has 0 aliphatic carbocycles. The fraction of sp³-hybridized carbons (Fsp3) is 0.407. The lowest BCUT2D eigenvalue weighted by Crippen LogP contribution is -2.01. The zero-order valence-corrected chi connectivity index (χ0v) is 78.9. The van der Waals surface area contributed by atoms with E-state index in [1.807, 2.05) is 61.2 Å². The van der Waals surface area contributed by atoms with Crippen molar-refractivity contribution in [3.63, 3.8) is 0 Å². The number of unbranched alkanes of at least 4 members (excludes halogenated alkanes) is 36. The SMILES string of the molecule is CCCCCCCCCCCCOc1cc(OCCCCCCCCCCCC)cc(-c2c3nc(c(C#CC#CC#CC#Cc4c5nc(c(-c6ccncc6)c6ccc(cc7nc(c(-c8cc(OCCCCCCCCCCCC)cc(OCCCCCCCCCCCC)c8)c8ccc4[nH]8)C=C7)[nH]6)C=C5)c4ccc([nH]4)c(-c4ccncc4)c4nc(cc5ccc2[nH]5)C=C4)C=C3)c1. The first-order chi connectivity index (χ1) is 65.3. The number of pyridine rings is 2. The number of aromatic nitrogens is 10. The van der Waals surface area contributed by atoms with Crippen LogP contribution in [-0.2, 0) is 0 Å². The van der Waals surface area contributed by atoms with Crippen molar-refractivity contribution in [1.82, 2.24) is 49.8 Å². The van der Waals surface area contributed by atoms with Crippen molar-refractivity contribution in [2.45, 2.75) is 285 Å². The Labute approximate surface area is 785 Å². The largest absolute Gasteiger partial charge is 0.493 e. The number of ether oxygens (including phenoxy) is 4. The van der Waals surface area contributed by atoms with Gasteiger partial charge in [0, 0.05) is 92.3 Å². The molecule has 12 heterocycles. The predicted molar refractivity (Wildman–Crippen MR) is 554 cm³/mol. The number of rotatable bonds is 52. The van der Waals surface area contributed by atoms with Gasteiger partial charge < -0.3 is 38.9 Å². The number of hydrogen-bond donors (Lipinski definition) is 4. The summed E-state index contributed by atoms with van der Waals surface area (Å²) in [6.07, 6.45) is 73.9. The van der Waals surface area contributed by atoms with Crippen molar-refractivity contribution >= 4 is 92.7 Å². The normalized spacial score (nSPS) is 11.7. The van der Waals surface area contributed by atoms with Crippen LogP contribution in [0.15, 0.2) is 146 Å². The van der Waals surface area contributed by atoms with Crippen LogP contribution >= 0.6 is 0 Å². The van der Waals surface area contributed by atoms with E-state index in [4.69, 9.17) is 38.9 Å². The third kappa shape index (κ3) is 28.9. The summed E-state index contributed by atoms with van der Waals surface area (Å²) in [7, 11) is 0. The van der Waals surface area contributed by atoms with E-state index in [-0.39, 0.29) is 0 Å². The first-order valence-corrected chi connectivity index (χ1v) is 50.3. The molecule has 132 heavy (non-hydrogen) atoms. The molecule has 0 spiro atoms. The zero-order valence-electron chi connectivity index (χ0n) is 78.9. The van der Waals surface area contributed by atoms with Gasteiger partial charge in [-0.15, -0.1) is 0 Å². The van der Waals surface area contributed by atoms with Gasteiger partial charge in [0.1, 0.15) is 23.0 Å². The Balaban J connectivity index is 0.821. The summed E-state index contributed by atoms with van der Waals surface area (Å²) in [6, 6.07) is 41.7. The molecule has 0 saturated carbocycles. The first-order valence-electron chi connectivity index (χ1n) is 50.3. The minimum Gasteiger partial charge on any atom is -0.493 e. The lowest BCUT2D eigenvalue weighted by atomic mass is 10.0. The molecule has 2 aromatic carbocycles. The molecule has 4 aliphatic heterocycles. The fourth-order valence-electron chi connectivity index (χ4n) is 18.0. The molecule has 8 aromatic heterocycles. The minimum absolute atomic E-state index is 0.616. The molecule has 0 atom stereocenters. The maximum Gasteiger partial charge on any atom is 0.123 e. The second-order valence-corrected chi connectivity index (χ2v) is 35.7. The van der Waals surface area contributed by atoms with E-state index in [9.17, 15) is 0 Å². The van der Waals surface area contributed by atoms with Crippen LogP contribution in [0.3, 0.4) is 0 Å². The summed E-state index contributed by atoms with van der Waals surface area (Å²) in [6.45, 7) is 11.6. The highest BCUT2D eigenvalue weighted by molar-refractivity contribution is 5.97. The van der Waals surface area contributed by atoms with E-state index >= 15 is 0 Å². The van der Waals surface area contributed by atoms with E-state index in [0.29, 0.717) is 48.9 Å². The summed E-state index contributed by atoms with van der Waals surface area (Å²) < 4.78 is 27.0. The summed E-state index contributed by atoms with van der Waals surface area (Å²) in [5.41, 5.74) is 21.5. The van der Waals surface area contributed by atoms with E-state index in [1.54, 1.807) is 0 Å². The Morgan fingerprint density at radius 3 is 0.811 bits per heavy atom. The molecule has 4 N–H and O–H groups in total. The number of hydrogen-bond acceptors (Lipinski definition) is 10. The van der Waals surface area contributed by atoms with Crippen molar-refractivity contribution < 1.29 is 18.9 Å². The molecule has 0 unspecified atom stereocenters. The molecule has 14 heteroatoms. The highest BCUT2D eigenvalue weighted by Gasteiger charge is 2.22. The number of H-pyrrole nitrogens is 4. The van der Waals surface area contributed by atoms with Crippen molar-refractivity contribution in [3.8, 4) is 115 Å². The van der Waals surface area contributed by atoms with Crippen LogP contribution in [0.5, 0.6) is 23.0 Å². The summed E-state index contributed by atoms with van der Waals surface area (Å²) >= 11 is 0. The molecule has 10 aromatic rings. The van der Waals surface area contributed by atoms with Gasteiger partial charge in [-0.25, -0.2) is 19.9 Å². The second-order valence-electron chi connectivity index (χ2n) is 35.7. The average molecular weight is 1760 g/mol. The zero-order chi connectivity index (χ0) is 90.6. The van der Waals surface area contributed by atoms with E-state index in [2.05, 4.69) is 238 Å². The lowest BCUT2D eigenvalue weighted by molar-refractivity contribution is 0.289. The smallest absolute Gasteiger partial charge is 0.123 e. The van der Waals surface area contributed by atoms with Crippen LogP contribution in [0, 0.1) is 47.4 Å². The van der Waals surface area contributed by atoms with Gasteiger partial charge in [-0.05, 0) is 253 Å². The van der Waals surface area contributed by atoms with Gasteiger partial charge in [-0.3, -0.25) is 9.97 Å². The topological polar surface area (TPSA) is 177 Å². The Morgan fingerprint density at radius 2 is 0.485 bits per heavy atom. The molecule has 14 nitrogen and oxygen atoms in total. The number of aromatic amines is 4. The van der Waals surface area contributed by atoms with Crippen LogP contribution < -0.4 is 18.9 Å². The van der Waals surface area contributed by atoms with Crippen molar-refractivity contribution in [2.24, 2.45) is 0 Å². The molecule has 682 valence electrons. The van der Waals surface area contributed by atoms with Crippen LogP contribution in [0.4, 0.5) is 0 Å². The third-order valence-corrected chi connectivity index (χ3v) is 25.2. The molecule has 0 saturated heterocycles. The molecule has 0 radical (unpaired) electrons. The Bertz CT molecular complexity index is 5930. The van der Waals surface area contributed by atoms with Gasteiger partial charge in [0.05, 0.1) is 94.1 Å². The van der Waals surface area contributed by atoms with E-state index in [0.717, 1.165) is 197 Å². The third-order valence-electron chi connectivity index (χ3n) is 25.2.